The van der Waals surface area contributed by atoms with Gasteiger partial charge in [-0.3, -0.25) is 4.79 Å². The summed E-state index contributed by atoms with van der Waals surface area (Å²) in [5, 5.41) is 0. The Kier molecular flexibility index (Phi) is 7.58. The lowest BCUT2D eigenvalue weighted by Crippen LogP contribution is -2.17. The van der Waals surface area contributed by atoms with Gasteiger partial charge in [0.1, 0.15) is 0 Å². The number of hydrogen-bond donors (Lipinski definition) is 0. The van der Waals surface area contributed by atoms with Crippen molar-refractivity contribution in [3.8, 4) is 23.7 Å². The predicted octanol–water partition coefficient (Wildman–Crippen LogP) is 8.15. The number of carbonyl (C=O) groups is 1. The lowest BCUT2D eigenvalue weighted by molar-refractivity contribution is 0.0993. The highest BCUT2D eigenvalue weighted by molar-refractivity contribution is 5.98. The first kappa shape index (κ1) is 26.1. The molecular formula is C37H38O. The van der Waals surface area contributed by atoms with Crippen LogP contribution in [0.5, 0.6) is 0 Å². The zero-order chi connectivity index (χ0) is 26.7. The van der Waals surface area contributed by atoms with E-state index < -0.39 is 0 Å². The number of ketones is 1. The lowest BCUT2D eigenvalue weighted by Gasteiger charge is -2.26. The van der Waals surface area contributed by atoms with Crippen LogP contribution in [0.2, 0.25) is 0 Å². The Balaban J connectivity index is 1.29. The molecule has 5 rings (SSSR count). The fraction of sp³-hybridized carbons (Fsp3) is 0.378. The van der Waals surface area contributed by atoms with E-state index in [1.54, 1.807) is 0 Å². The minimum atomic E-state index is 0.144. The third-order valence-electron chi connectivity index (χ3n) is 8.75. The molecule has 0 spiro atoms. The minimum Gasteiger partial charge on any atom is -0.294 e. The van der Waals surface area contributed by atoms with Crippen LogP contribution in [0.3, 0.4) is 0 Å². The summed E-state index contributed by atoms with van der Waals surface area (Å²) in [7, 11) is 0. The molecule has 0 aliphatic heterocycles. The fourth-order valence-electron chi connectivity index (χ4n) is 6.34. The molecule has 1 nitrogen and oxygen atoms in total. The summed E-state index contributed by atoms with van der Waals surface area (Å²) in [5.41, 5.74) is 9.27. The highest BCUT2D eigenvalue weighted by Gasteiger charge is 2.34. The second-order valence-corrected chi connectivity index (χ2v) is 11.7. The number of aryl methyl sites for hydroxylation is 2. The van der Waals surface area contributed by atoms with Crippen molar-refractivity contribution in [2.45, 2.75) is 72.6 Å². The molecule has 0 saturated heterocycles. The van der Waals surface area contributed by atoms with Crippen LogP contribution in [-0.2, 0) is 19.3 Å². The molecule has 2 unspecified atom stereocenters. The van der Waals surface area contributed by atoms with Gasteiger partial charge in [-0.15, -0.1) is 0 Å². The molecule has 1 fully saturated rings. The molecule has 2 aromatic carbocycles. The van der Waals surface area contributed by atoms with Gasteiger partial charge in [0.25, 0.3) is 0 Å². The third-order valence-corrected chi connectivity index (χ3v) is 8.75. The third kappa shape index (κ3) is 5.64. The SMILES string of the molecule is CCc1cc(CC(=O)c2ccc(C)c(C#CC3=CC=C4C#CC=CC43)c2)ccc1CC1(C)CC[C@@H](CC)C1. The van der Waals surface area contributed by atoms with Crippen molar-refractivity contribution >= 4 is 5.78 Å². The molecule has 0 N–H and O–H groups in total. The molecule has 0 amide bonds. The van der Waals surface area contributed by atoms with Crippen LogP contribution in [0.1, 0.15) is 84.6 Å². The van der Waals surface area contributed by atoms with Crippen LogP contribution in [0, 0.1) is 47.9 Å². The van der Waals surface area contributed by atoms with E-state index in [0.717, 1.165) is 52.2 Å². The van der Waals surface area contributed by atoms with Crippen molar-refractivity contribution in [3.63, 3.8) is 0 Å². The summed E-state index contributed by atoms with van der Waals surface area (Å²) in [6, 6.07) is 12.7. The number of rotatable bonds is 7. The van der Waals surface area contributed by atoms with Crippen molar-refractivity contribution in [3.05, 3.63) is 105 Å². The molecule has 0 heterocycles. The number of carbonyl (C=O) groups excluding carboxylic acids is 1. The second kappa shape index (κ2) is 11.1. The molecule has 3 atom stereocenters. The molecule has 38 heavy (non-hydrogen) atoms. The summed E-state index contributed by atoms with van der Waals surface area (Å²) in [6.07, 6.45) is 16.0. The van der Waals surface area contributed by atoms with Crippen LogP contribution in [0.4, 0.5) is 0 Å². The number of Topliss-reactive ketones (excluding diaryl/α,β-unsaturated/α-hetero) is 1. The van der Waals surface area contributed by atoms with Gasteiger partial charge in [0.05, 0.1) is 0 Å². The van der Waals surface area contributed by atoms with Crippen LogP contribution < -0.4 is 0 Å². The van der Waals surface area contributed by atoms with E-state index in [4.69, 9.17) is 0 Å². The highest BCUT2D eigenvalue weighted by Crippen LogP contribution is 2.45. The fourth-order valence-corrected chi connectivity index (χ4v) is 6.34. The van der Waals surface area contributed by atoms with Crippen LogP contribution in [-0.4, -0.2) is 5.78 Å². The molecule has 2 aromatic rings. The van der Waals surface area contributed by atoms with Gasteiger partial charge < -0.3 is 0 Å². The summed E-state index contributed by atoms with van der Waals surface area (Å²) in [5.74, 6) is 14.1. The molecule has 192 valence electrons. The van der Waals surface area contributed by atoms with E-state index in [-0.39, 0.29) is 11.7 Å². The zero-order valence-electron chi connectivity index (χ0n) is 23.3. The van der Waals surface area contributed by atoms with Gasteiger partial charge in [-0.05, 0) is 96.9 Å². The molecule has 0 radical (unpaired) electrons. The molecule has 3 aliphatic carbocycles. The van der Waals surface area contributed by atoms with Crippen molar-refractivity contribution in [2.24, 2.45) is 17.3 Å². The second-order valence-electron chi connectivity index (χ2n) is 11.7. The molecular weight excluding hydrogens is 460 g/mol. The highest BCUT2D eigenvalue weighted by atomic mass is 16.1. The van der Waals surface area contributed by atoms with Gasteiger partial charge in [0.2, 0.25) is 0 Å². The van der Waals surface area contributed by atoms with Crippen molar-refractivity contribution in [1.29, 1.82) is 0 Å². The normalized spacial score (nSPS) is 23.1. The van der Waals surface area contributed by atoms with Gasteiger partial charge in [-0.1, -0.05) is 87.3 Å². The Hall–Kier alpha value is -3.55. The van der Waals surface area contributed by atoms with E-state index in [2.05, 4.69) is 87.8 Å². The quantitative estimate of drug-likeness (QED) is 0.278. The maximum atomic E-state index is 13.3. The summed E-state index contributed by atoms with van der Waals surface area (Å²) in [4.78, 5) is 13.3. The summed E-state index contributed by atoms with van der Waals surface area (Å²) < 4.78 is 0. The van der Waals surface area contributed by atoms with Crippen LogP contribution >= 0.6 is 0 Å². The van der Waals surface area contributed by atoms with E-state index in [1.165, 1.54) is 36.8 Å². The van der Waals surface area contributed by atoms with E-state index in [9.17, 15) is 4.79 Å². The molecule has 0 bridgehead atoms. The first-order chi connectivity index (χ1) is 18.4. The van der Waals surface area contributed by atoms with E-state index in [0.29, 0.717) is 11.8 Å². The van der Waals surface area contributed by atoms with Gasteiger partial charge in [0.15, 0.2) is 5.78 Å². The van der Waals surface area contributed by atoms with E-state index in [1.807, 2.05) is 24.3 Å². The monoisotopic (exact) mass is 498 g/mol. The number of benzene rings is 2. The summed E-state index contributed by atoms with van der Waals surface area (Å²) in [6.45, 7) is 9.08. The lowest BCUT2D eigenvalue weighted by atomic mass is 9.79. The maximum absolute atomic E-state index is 13.3. The molecule has 1 saturated carbocycles. The maximum Gasteiger partial charge on any atom is 0.167 e. The van der Waals surface area contributed by atoms with Crippen molar-refractivity contribution in [1.82, 2.24) is 0 Å². The minimum absolute atomic E-state index is 0.144. The largest absolute Gasteiger partial charge is 0.294 e. The predicted molar refractivity (Wildman–Crippen MR) is 158 cm³/mol. The molecule has 3 aliphatic rings. The summed E-state index contributed by atoms with van der Waals surface area (Å²) >= 11 is 0. The first-order valence-corrected chi connectivity index (χ1v) is 14.2. The smallest absolute Gasteiger partial charge is 0.167 e. The van der Waals surface area contributed by atoms with Crippen molar-refractivity contribution < 1.29 is 4.79 Å². The van der Waals surface area contributed by atoms with Gasteiger partial charge >= 0.3 is 0 Å². The Labute approximate surface area is 229 Å². The molecule has 0 aromatic heterocycles. The number of hydrogen-bond acceptors (Lipinski definition) is 1. The van der Waals surface area contributed by atoms with Gasteiger partial charge in [-0.25, -0.2) is 0 Å². The van der Waals surface area contributed by atoms with Gasteiger partial charge in [0, 0.05) is 34.6 Å². The zero-order valence-corrected chi connectivity index (χ0v) is 23.3. The van der Waals surface area contributed by atoms with Crippen LogP contribution in [0.15, 0.2) is 71.8 Å². The number of fused-ring (bicyclic) bond motifs is 1. The van der Waals surface area contributed by atoms with E-state index >= 15 is 0 Å². The van der Waals surface area contributed by atoms with Gasteiger partial charge in [-0.2, -0.15) is 0 Å². The standard InChI is InChI=1S/C37H38O/c1-5-27-19-20-37(4,24-27)25-34-14-12-28(21-29(34)6-2)22-36(38)33-13-11-26(3)32(23-33)18-17-31-16-15-30-9-7-8-10-35(30)31/h8,10-16,21,23,27,35H,5-6,19-20,22,24-25H2,1-4H3/t27-,35?,37?/m1/s1. The Morgan fingerprint density at radius 2 is 1.95 bits per heavy atom. The van der Waals surface area contributed by atoms with Crippen molar-refractivity contribution in [2.75, 3.05) is 0 Å². The Morgan fingerprint density at radius 1 is 1.08 bits per heavy atom. The topological polar surface area (TPSA) is 17.1 Å². The average molecular weight is 499 g/mol. The average Bonchev–Trinajstić information content (AvgIpc) is 3.52. The van der Waals surface area contributed by atoms with Crippen LogP contribution in [0.25, 0.3) is 0 Å². The number of allylic oxidation sites excluding steroid dienone is 6. The Bertz CT molecular complexity index is 1470. The molecule has 1 heteroatoms. The Morgan fingerprint density at radius 3 is 2.74 bits per heavy atom. The first-order valence-electron chi connectivity index (χ1n) is 14.2.